The van der Waals surface area contributed by atoms with E-state index in [1.165, 1.54) is 25.0 Å². The number of thioether (sulfide) groups is 1. The first-order valence-corrected chi connectivity index (χ1v) is 8.10. The van der Waals surface area contributed by atoms with E-state index in [4.69, 9.17) is 0 Å². The van der Waals surface area contributed by atoms with Gasteiger partial charge in [0.1, 0.15) is 0 Å². The Kier molecular flexibility index (Phi) is 3.96. The Morgan fingerprint density at radius 3 is 3.10 bits per heavy atom. The molecule has 1 fully saturated rings. The molecule has 0 aromatic heterocycles. The van der Waals surface area contributed by atoms with E-state index < -0.39 is 0 Å². The first kappa shape index (κ1) is 13.5. The smallest absolute Gasteiger partial charge is 0.251 e. The normalized spacial score (nSPS) is 21.2. The van der Waals surface area contributed by atoms with Gasteiger partial charge in [0, 0.05) is 23.0 Å². The molecule has 0 spiro atoms. The zero-order chi connectivity index (χ0) is 13.9. The van der Waals surface area contributed by atoms with Crippen LogP contribution >= 0.6 is 11.8 Å². The molecule has 2 aliphatic heterocycles. The van der Waals surface area contributed by atoms with Crippen molar-refractivity contribution in [3.05, 3.63) is 29.3 Å². The molecular weight excluding hydrogens is 272 g/mol. The molecule has 0 saturated carbocycles. The maximum atomic E-state index is 12.1. The van der Waals surface area contributed by atoms with Crippen molar-refractivity contribution in [1.82, 2.24) is 5.32 Å². The van der Waals surface area contributed by atoms with E-state index in [-0.39, 0.29) is 11.8 Å². The predicted molar refractivity (Wildman–Crippen MR) is 81.2 cm³/mol. The Morgan fingerprint density at radius 2 is 2.30 bits per heavy atom. The third-order valence-corrected chi connectivity index (χ3v) is 5.16. The summed E-state index contributed by atoms with van der Waals surface area (Å²) in [6.07, 6.45) is 4.15. The predicted octanol–water partition coefficient (Wildman–Crippen LogP) is 2.20. The van der Waals surface area contributed by atoms with Crippen LogP contribution in [-0.4, -0.2) is 29.4 Å². The quantitative estimate of drug-likeness (QED) is 0.897. The molecule has 0 radical (unpaired) electrons. The third-order valence-electron chi connectivity index (χ3n) is 3.76. The Balaban J connectivity index is 1.60. The minimum absolute atomic E-state index is 0.00355. The minimum Gasteiger partial charge on any atom is -0.351 e. The van der Waals surface area contributed by atoms with Gasteiger partial charge in [-0.15, -0.1) is 0 Å². The van der Waals surface area contributed by atoms with Crippen molar-refractivity contribution >= 4 is 29.3 Å². The van der Waals surface area contributed by atoms with Gasteiger partial charge >= 0.3 is 0 Å². The molecule has 20 heavy (non-hydrogen) atoms. The molecule has 2 amide bonds. The molecule has 1 atom stereocenters. The number of rotatable bonds is 3. The van der Waals surface area contributed by atoms with E-state index in [1.54, 1.807) is 12.1 Å². The molecule has 1 saturated heterocycles. The monoisotopic (exact) mass is 290 g/mol. The lowest BCUT2D eigenvalue weighted by Crippen LogP contribution is -2.31. The van der Waals surface area contributed by atoms with E-state index in [0.717, 1.165) is 17.8 Å². The summed E-state index contributed by atoms with van der Waals surface area (Å²) in [4.78, 5) is 23.4. The summed E-state index contributed by atoms with van der Waals surface area (Å²) in [5.74, 6) is 1.14. The summed E-state index contributed by atoms with van der Waals surface area (Å²) in [5.41, 5.74) is 2.36. The maximum absolute atomic E-state index is 12.1. The van der Waals surface area contributed by atoms with Gasteiger partial charge < -0.3 is 10.6 Å². The van der Waals surface area contributed by atoms with E-state index >= 15 is 0 Å². The number of nitrogens with one attached hydrogen (secondary N) is 2. The maximum Gasteiger partial charge on any atom is 0.251 e. The van der Waals surface area contributed by atoms with Crippen molar-refractivity contribution in [1.29, 1.82) is 0 Å². The van der Waals surface area contributed by atoms with Gasteiger partial charge in [0.05, 0.1) is 6.42 Å². The molecule has 106 valence electrons. The SMILES string of the molecule is O=C1Cc2ccc(C(=O)NCC3CCCCS3)cc2N1. The zero-order valence-corrected chi connectivity index (χ0v) is 12.1. The van der Waals surface area contributed by atoms with Gasteiger partial charge in [0.25, 0.3) is 5.91 Å². The number of anilines is 1. The molecule has 0 bridgehead atoms. The zero-order valence-electron chi connectivity index (χ0n) is 11.3. The summed E-state index contributed by atoms with van der Waals surface area (Å²) >= 11 is 1.95. The molecule has 1 unspecified atom stereocenters. The lowest BCUT2D eigenvalue weighted by Gasteiger charge is -2.21. The van der Waals surface area contributed by atoms with Gasteiger partial charge in [-0.25, -0.2) is 0 Å². The number of benzene rings is 1. The van der Waals surface area contributed by atoms with Gasteiger partial charge in [0.2, 0.25) is 5.91 Å². The van der Waals surface area contributed by atoms with Crippen LogP contribution in [0.15, 0.2) is 18.2 Å². The highest BCUT2D eigenvalue weighted by atomic mass is 32.2. The molecule has 0 aliphatic carbocycles. The number of hydrogen-bond acceptors (Lipinski definition) is 3. The average Bonchev–Trinajstić information content (AvgIpc) is 2.85. The van der Waals surface area contributed by atoms with Crippen molar-refractivity contribution in [2.45, 2.75) is 30.9 Å². The highest BCUT2D eigenvalue weighted by molar-refractivity contribution is 7.99. The van der Waals surface area contributed by atoms with Crippen LogP contribution in [0.3, 0.4) is 0 Å². The van der Waals surface area contributed by atoms with E-state index in [2.05, 4.69) is 10.6 Å². The Hall–Kier alpha value is -1.49. The standard InChI is InChI=1S/C15H18N2O2S/c18-14-8-10-4-5-11(7-13(10)17-14)15(19)16-9-12-3-1-2-6-20-12/h4-5,7,12H,1-3,6,8-9H2,(H,16,19)(H,17,18). The Labute approximate surface area is 122 Å². The number of amides is 2. The van der Waals surface area contributed by atoms with Gasteiger partial charge in [-0.2, -0.15) is 11.8 Å². The summed E-state index contributed by atoms with van der Waals surface area (Å²) < 4.78 is 0. The van der Waals surface area contributed by atoms with Crippen LogP contribution in [0.5, 0.6) is 0 Å². The lowest BCUT2D eigenvalue weighted by atomic mass is 10.1. The summed E-state index contributed by atoms with van der Waals surface area (Å²) in [5, 5.41) is 6.32. The van der Waals surface area contributed by atoms with Gasteiger partial charge in [-0.3, -0.25) is 9.59 Å². The number of carbonyl (C=O) groups excluding carboxylic acids is 2. The molecule has 3 rings (SSSR count). The third kappa shape index (κ3) is 2.98. The van der Waals surface area contributed by atoms with Crippen LogP contribution in [0.4, 0.5) is 5.69 Å². The van der Waals surface area contributed by atoms with Crippen LogP contribution in [0.2, 0.25) is 0 Å². The van der Waals surface area contributed by atoms with Crippen molar-refractivity contribution in [3.63, 3.8) is 0 Å². The van der Waals surface area contributed by atoms with Crippen molar-refractivity contribution in [3.8, 4) is 0 Å². The van der Waals surface area contributed by atoms with Gasteiger partial charge in [-0.1, -0.05) is 12.5 Å². The van der Waals surface area contributed by atoms with E-state index in [1.807, 2.05) is 17.8 Å². The van der Waals surface area contributed by atoms with Crippen LogP contribution in [-0.2, 0) is 11.2 Å². The van der Waals surface area contributed by atoms with Crippen LogP contribution in [0.1, 0.15) is 35.2 Å². The van der Waals surface area contributed by atoms with Crippen LogP contribution < -0.4 is 10.6 Å². The van der Waals surface area contributed by atoms with Crippen molar-refractivity contribution < 1.29 is 9.59 Å². The van der Waals surface area contributed by atoms with Gasteiger partial charge in [-0.05, 0) is 36.3 Å². The Morgan fingerprint density at radius 1 is 1.40 bits per heavy atom. The average molecular weight is 290 g/mol. The summed E-state index contributed by atoms with van der Waals surface area (Å²) in [6.45, 7) is 0.729. The second-order valence-corrected chi connectivity index (χ2v) is 6.70. The highest BCUT2D eigenvalue weighted by Crippen LogP contribution is 2.25. The number of fused-ring (bicyclic) bond motifs is 1. The minimum atomic E-state index is -0.0554. The second-order valence-electron chi connectivity index (χ2n) is 5.30. The molecule has 5 heteroatoms. The topological polar surface area (TPSA) is 58.2 Å². The second kappa shape index (κ2) is 5.87. The lowest BCUT2D eigenvalue weighted by molar-refractivity contribution is -0.115. The molecule has 4 nitrogen and oxygen atoms in total. The van der Waals surface area contributed by atoms with Crippen molar-refractivity contribution in [2.24, 2.45) is 0 Å². The van der Waals surface area contributed by atoms with Crippen LogP contribution in [0, 0.1) is 0 Å². The largest absolute Gasteiger partial charge is 0.351 e. The number of carbonyl (C=O) groups is 2. The fraction of sp³-hybridized carbons (Fsp3) is 0.467. The first-order chi connectivity index (χ1) is 9.72. The molecule has 2 N–H and O–H groups in total. The fourth-order valence-corrected chi connectivity index (χ4v) is 3.87. The molecule has 2 aliphatic rings. The molecule has 2 heterocycles. The van der Waals surface area contributed by atoms with Crippen LogP contribution in [0.25, 0.3) is 0 Å². The van der Waals surface area contributed by atoms with E-state index in [9.17, 15) is 9.59 Å². The molecule has 1 aromatic carbocycles. The number of hydrogen-bond donors (Lipinski definition) is 2. The fourth-order valence-electron chi connectivity index (χ4n) is 2.63. The molecule has 1 aromatic rings. The highest BCUT2D eigenvalue weighted by Gasteiger charge is 2.20. The van der Waals surface area contributed by atoms with Crippen molar-refractivity contribution in [2.75, 3.05) is 17.6 Å². The molecular formula is C15H18N2O2S. The van der Waals surface area contributed by atoms with E-state index in [0.29, 0.717) is 17.2 Å². The van der Waals surface area contributed by atoms with Gasteiger partial charge in [0.15, 0.2) is 0 Å². The Bertz CT molecular complexity index is 539. The first-order valence-electron chi connectivity index (χ1n) is 7.05. The summed E-state index contributed by atoms with van der Waals surface area (Å²) in [6, 6.07) is 5.42. The summed E-state index contributed by atoms with van der Waals surface area (Å²) in [7, 11) is 0.